The summed E-state index contributed by atoms with van der Waals surface area (Å²) >= 11 is 2.41. The van der Waals surface area contributed by atoms with Gasteiger partial charge in [0.2, 0.25) is 0 Å². The van der Waals surface area contributed by atoms with Crippen LogP contribution in [0.25, 0.3) is 24.3 Å². The molecule has 0 spiro atoms. The van der Waals surface area contributed by atoms with Gasteiger partial charge in [-0.05, 0) is 123 Å². The van der Waals surface area contributed by atoms with Crippen molar-refractivity contribution in [3.8, 4) is 0 Å². The van der Waals surface area contributed by atoms with Gasteiger partial charge in [-0.3, -0.25) is 5.01 Å². The van der Waals surface area contributed by atoms with E-state index in [1.165, 1.54) is 44.5 Å². The van der Waals surface area contributed by atoms with Crippen LogP contribution in [0.1, 0.15) is 90.6 Å². The summed E-state index contributed by atoms with van der Waals surface area (Å²) in [5.41, 5.74) is 9.46. The van der Waals surface area contributed by atoms with Crippen molar-refractivity contribution in [3.63, 3.8) is 0 Å². The van der Waals surface area contributed by atoms with Crippen LogP contribution in [0.3, 0.4) is 0 Å². The van der Waals surface area contributed by atoms with Crippen molar-refractivity contribution < 1.29 is 39.5 Å². The van der Waals surface area contributed by atoms with Gasteiger partial charge in [-0.15, -0.1) is 5.11 Å². The molecule has 0 aliphatic heterocycles. The fraction of sp³-hybridized carbons (Fsp3) is 0.364. The minimum Gasteiger partial charge on any atom is -0.274 e. The van der Waals surface area contributed by atoms with E-state index in [-0.39, 0.29) is 12.1 Å². The molecule has 0 N–H and O–H groups in total. The van der Waals surface area contributed by atoms with Crippen LogP contribution in [0, 0.1) is 3.57 Å². The molecule has 0 heterocycles. The third-order valence-electron chi connectivity index (χ3n) is 9.50. The lowest BCUT2D eigenvalue weighted by Crippen LogP contribution is -2.60. The third kappa shape index (κ3) is 11.5. The van der Waals surface area contributed by atoms with Gasteiger partial charge in [0.1, 0.15) is 0 Å². The van der Waals surface area contributed by atoms with Gasteiger partial charge in [0, 0.05) is 16.5 Å². The van der Waals surface area contributed by atoms with Gasteiger partial charge >= 0.3 is 23.9 Å². The lowest BCUT2D eigenvalue weighted by Gasteiger charge is -2.33. The first-order chi connectivity index (χ1) is 26.8. The summed E-state index contributed by atoms with van der Waals surface area (Å²) in [6, 6.07) is 24.5. The van der Waals surface area contributed by atoms with E-state index in [0.717, 1.165) is 41.5 Å². The Balaban J connectivity index is 1.38. The molecule has 3 nitrogen and oxygen atoms in total. The maximum absolute atomic E-state index is 14.0. The molecule has 0 saturated carbocycles. The number of hydrogen-bond acceptors (Lipinski definition) is 2. The van der Waals surface area contributed by atoms with Gasteiger partial charge in [-0.25, -0.2) is 0 Å². The SMILES string of the molecule is CCCN(Cc1ccc(CCC(F)(F)C(F)(F)C(F)(F)C(F)(F)F)cc1)N=Nc1ccc(/C=C/c2ccc(/C=C/c3cc(CC)c(I)cc3CC)cc2)cc1CC. The zero-order chi connectivity index (χ0) is 42.0. The van der Waals surface area contributed by atoms with E-state index in [1.54, 1.807) is 5.01 Å². The number of nitrogens with zero attached hydrogens (tertiary/aromatic N) is 3. The van der Waals surface area contributed by atoms with Crippen molar-refractivity contribution in [1.82, 2.24) is 5.01 Å². The highest BCUT2D eigenvalue weighted by atomic mass is 127. The largest absolute Gasteiger partial charge is 0.460 e. The molecule has 0 saturated heterocycles. The standard InChI is InChI=1S/C44H45F9IN3/c1-5-25-57(29-34-17-14-32(15-18-34)23-24-41(45,46)42(47,48)43(49,50)44(51,52)53)56-55-40-22-20-33(26-37(40)8-4)16-13-30-9-11-31(12-10-30)19-21-38-27-36(7-3)39(54)28-35(38)6-2/h9-22,26-28H,5-8,23-25,29H2,1-4H3/b16-13+,21-19+,56-55?. The van der Waals surface area contributed by atoms with Crippen LogP contribution in [-0.2, 0) is 32.2 Å². The molecule has 4 rings (SSSR count). The van der Waals surface area contributed by atoms with Crippen molar-refractivity contribution in [1.29, 1.82) is 0 Å². The monoisotopic (exact) mass is 913 g/mol. The molecule has 4 aromatic rings. The minimum atomic E-state index is -6.89. The average Bonchev–Trinajstić information content (AvgIpc) is 3.18. The number of hydrogen-bond donors (Lipinski definition) is 0. The maximum Gasteiger partial charge on any atom is 0.460 e. The summed E-state index contributed by atoms with van der Waals surface area (Å²) in [7, 11) is 0. The van der Waals surface area contributed by atoms with Crippen molar-refractivity contribution in [2.75, 3.05) is 6.54 Å². The number of benzene rings is 4. The fourth-order valence-electron chi connectivity index (χ4n) is 6.01. The van der Waals surface area contributed by atoms with Crippen molar-refractivity contribution in [3.05, 3.63) is 133 Å². The lowest BCUT2D eigenvalue weighted by molar-refractivity contribution is -0.396. The summed E-state index contributed by atoms with van der Waals surface area (Å²) in [6.07, 6.45) is 2.19. The van der Waals surface area contributed by atoms with Crippen LogP contribution in [0.15, 0.2) is 89.2 Å². The van der Waals surface area contributed by atoms with Gasteiger partial charge in [0.25, 0.3) is 0 Å². The normalized spacial score (nSPS) is 13.1. The van der Waals surface area contributed by atoms with Crippen LogP contribution in [0.2, 0.25) is 0 Å². The minimum absolute atomic E-state index is 0.0636. The highest BCUT2D eigenvalue weighted by Crippen LogP contribution is 2.54. The molecule has 0 bridgehead atoms. The molecule has 13 heteroatoms. The third-order valence-corrected chi connectivity index (χ3v) is 10.5. The molecule has 4 aromatic carbocycles. The van der Waals surface area contributed by atoms with Gasteiger partial charge in [-0.2, -0.15) is 39.5 Å². The van der Waals surface area contributed by atoms with E-state index >= 15 is 0 Å². The summed E-state index contributed by atoms with van der Waals surface area (Å²) in [6.45, 7) is 9.07. The summed E-state index contributed by atoms with van der Waals surface area (Å²) in [4.78, 5) is 0. The Morgan fingerprint density at radius 3 is 1.70 bits per heavy atom. The van der Waals surface area contributed by atoms with Crippen LogP contribution < -0.4 is 0 Å². The molecule has 0 radical (unpaired) electrons. The van der Waals surface area contributed by atoms with Gasteiger partial charge in [-0.1, -0.05) is 118 Å². The van der Waals surface area contributed by atoms with Gasteiger partial charge in [0.05, 0.1) is 12.2 Å². The Labute approximate surface area is 341 Å². The van der Waals surface area contributed by atoms with E-state index in [0.29, 0.717) is 24.2 Å². The molecular formula is C44H45F9IN3. The topological polar surface area (TPSA) is 28.0 Å². The first-order valence-electron chi connectivity index (χ1n) is 18.7. The Hall–Kier alpha value is -4.14. The van der Waals surface area contributed by atoms with Crippen LogP contribution in [0.4, 0.5) is 45.2 Å². The highest BCUT2D eigenvalue weighted by Gasteiger charge is 2.81. The fourth-order valence-corrected chi connectivity index (χ4v) is 6.92. The predicted octanol–water partition coefficient (Wildman–Crippen LogP) is 14.6. The lowest BCUT2D eigenvalue weighted by atomic mass is 9.97. The molecule has 0 fully saturated rings. The average molecular weight is 914 g/mol. The number of halogens is 10. The molecule has 0 amide bonds. The molecule has 0 aliphatic rings. The second kappa shape index (κ2) is 19.5. The first kappa shape index (κ1) is 45.6. The van der Waals surface area contributed by atoms with E-state index in [9.17, 15) is 39.5 Å². The second-order valence-electron chi connectivity index (χ2n) is 13.7. The quantitative estimate of drug-likeness (QED) is 0.0321. The Kier molecular flexibility index (Phi) is 15.6. The molecule has 0 aromatic heterocycles. The van der Waals surface area contributed by atoms with Gasteiger partial charge in [0.15, 0.2) is 0 Å². The Bertz CT molecular complexity index is 2020. The van der Waals surface area contributed by atoms with E-state index in [4.69, 9.17) is 0 Å². The summed E-state index contributed by atoms with van der Waals surface area (Å²) < 4.78 is 120. The first-order valence-corrected chi connectivity index (χ1v) is 19.8. The van der Waals surface area contributed by atoms with E-state index < -0.39 is 36.8 Å². The van der Waals surface area contributed by atoms with E-state index in [2.05, 4.69) is 95.3 Å². The van der Waals surface area contributed by atoms with Crippen LogP contribution in [0.5, 0.6) is 0 Å². The van der Waals surface area contributed by atoms with E-state index in [1.807, 2.05) is 44.2 Å². The molecule has 0 unspecified atom stereocenters. The van der Waals surface area contributed by atoms with Crippen molar-refractivity contribution in [2.45, 2.75) is 96.7 Å². The zero-order valence-corrected chi connectivity index (χ0v) is 34.3. The molecule has 0 atom stereocenters. The number of aryl methyl sites for hydroxylation is 4. The number of rotatable bonds is 18. The van der Waals surface area contributed by atoms with Gasteiger partial charge < -0.3 is 0 Å². The van der Waals surface area contributed by atoms with Crippen molar-refractivity contribution >= 4 is 52.6 Å². The predicted molar refractivity (Wildman–Crippen MR) is 219 cm³/mol. The smallest absolute Gasteiger partial charge is 0.274 e. The summed E-state index contributed by atoms with van der Waals surface area (Å²) in [5.74, 6) is -19.1. The van der Waals surface area contributed by atoms with Crippen LogP contribution >= 0.6 is 22.6 Å². The molecule has 57 heavy (non-hydrogen) atoms. The second-order valence-corrected chi connectivity index (χ2v) is 14.8. The molecular weight excluding hydrogens is 868 g/mol. The molecule has 306 valence electrons. The Morgan fingerprint density at radius 2 is 1.14 bits per heavy atom. The molecule has 0 aliphatic carbocycles. The Morgan fingerprint density at radius 1 is 0.596 bits per heavy atom. The van der Waals surface area contributed by atoms with Crippen molar-refractivity contribution in [2.24, 2.45) is 10.3 Å². The highest BCUT2D eigenvalue weighted by molar-refractivity contribution is 14.1. The maximum atomic E-state index is 14.0. The van der Waals surface area contributed by atoms with Crippen LogP contribution in [-0.4, -0.2) is 35.5 Å². The summed E-state index contributed by atoms with van der Waals surface area (Å²) in [5, 5.41) is 10.6. The zero-order valence-electron chi connectivity index (χ0n) is 32.1. The number of alkyl halides is 9.